The first-order valence-electron chi connectivity index (χ1n) is 10.5. The highest BCUT2D eigenvalue weighted by Gasteiger charge is 2.26. The van der Waals surface area contributed by atoms with Gasteiger partial charge in [0.05, 0.1) is 12.7 Å². The van der Waals surface area contributed by atoms with Gasteiger partial charge in [-0.05, 0) is 73.4 Å². The first-order chi connectivity index (χ1) is 14.5. The van der Waals surface area contributed by atoms with E-state index in [-0.39, 0.29) is 5.97 Å². The van der Waals surface area contributed by atoms with Crippen molar-refractivity contribution in [2.45, 2.75) is 33.1 Å². The minimum atomic E-state index is -0.287. The van der Waals surface area contributed by atoms with Gasteiger partial charge in [0.25, 0.3) is 0 Å². The summed E-state index contributed by atoms with van der Waals surface area (Å²) in [5.41, 5.74) is 9.11. The van der Waals surface area contributed by atoms with Crippen LogP contribution < -0.4 is 0 Å². The predicted molar refractivity (Wildman–Crippen MR) is 125 cm³/mol. The summed E-state index contributed by atoms with van der Waals surface area (Å²) >= 11 is 0. The molecule has 0 atom stereocenters. The van der Waals surface area contributed by atoms with Crippen LogP contribution in [0.1, 0.15) is 40.4 Å². The summed E-state index contributed by atoms with van der Waals surface area (Å²) in [6, 6.07) is 16.1. The van der Waals surface area contributed by atoms with Gasteiger partial charge in [-0.3, -0.25) is 0 Å². The van der Waals surface area contributed by atoms with Crippen molar-refractivity contribution in [2.75, 3.05) is 7.11 Å². The van der Waals surface area contributed by atoms with Gasteiger partial charge in [0, 0.05) is 0 Å². The number of allylic oxidation sites excluding steroid dienone is 7. The summed E-state index contributed by atoms with van der Waals surface area (Å²) in [6.07, 6.45) is 12.2. The number of benzene rings is 2. The monoisotopic (exact) mass is 398 g/mol. The van der Waals surface area contributed by atoms with E-state index in [1.165, 1.54) is 42.2 Å². The Kier molecular flexibility index (Phi) is 7.24. The Morgan fingerprint density at radius 1 is 1.07 bits per heavy atom. The molecular formula is C28H30O2. The highest BCUT2D eigenvalue weighted by molar-refractivity contribution is 5.89. The highest BCUT2D eigenvalue weighted by atomic mass is 16.5. The second-order valence-electron chi connectivity index (χ2n) is 7.81. The van der Waals surface area contributed by atoms with E-state index in [1.807, 2.05) is 25.1 Å². The number of esters is 1. The molecule has 0 radical (unpaired) electrons. The number of hydrogen-bond acceptors (Lipinski definition) is 2. The van der Waals surface area contributed by atoms with Crippen LogP contribution in [0, 0.1) is 12.8 Å². The van der Waals surface area contributed by atoms with E-state index in [1.54, 1.807) is 17.7 Å². The molecule has 4 rings (SSSR count). The van der Waals surface area contributed by atoms with Gasteiger partial charge in [-0.2, -0.15) is 0 Å². The van der Waals surface area contributed by atoms with E-state index in [9.17, 15) is 4.79 Å². The Morgan fingerprint density at radius 3 is 2.23 bits per heavy atom. The van der Waals surface area contributed by atoms with Gasteiger partial charge in [-0.1, -0.05) is 78.4 Å². The third-order valence-electron chi connectivity index (χ3n) is 5.74. The smallest absolute Gasteiger partial charge is 0.337 e. The first kappa shape index (κ1) is 21.6. The molecule has 0 saturated carbocycles. The van der Waals surface area contributed by atoms with Gasteiger partial charge < -0.3 is 4.74 Å². The zero-order valence-electron chi connectivity index (χ0n) is 18.2. The molecule has 0 bridgehead atoms. The van der Waals surface area contributed by atoms with Crippen molar-refractivity contribution in [2.24, 2.45) is 5.92 Å². The lowest BCUT2D eigenvalue weighted by molar-refractivity contribution is 0.0600. The maximum Gasteiger partial charge on any atom is 0.337 e. The fourth-order valence-corrected chi connectivity index (χ4v) is 4.10. The summed E-state index contributed by atoms with van der Waals surface area (Å²) in [6.45, 7) is 7.99. The number of methoxy groups -OCH3 is 1. The molecule has 2 nitrogen and oxygen atoms in total. The average Bonchev–Trinajstić information content (AvgIpc) is 3.38. The van der Waals surface area contributed by atoms with E-state index in [4.69, 9.17) is 0 Å². The van der Waals surface area contributed by atoms with Crippen LogP contribution in [0.15, 0.2) is 96.1 Å². The number of carbonyl (C=O) groups is 1. The summed E-state index contributed by atoms with van der Waals surface area (Å²) < 4.78 is 4.54. The fraction of sp³-hybridized carbons (Fsp3) is 0.250. The summed E-state index contributed by atoms with van der Waals surface area (Å²) in [7, 11) is 1.38. The molecule has 154 valence electrons. The summed E-state index contributed by atoms with van der Waals surface area (Å²) in [5, 5.41) is 0. The lowest BCUT2D eigenvalue weighted by atomic mass is 9.94. The van der Waals surface area contributed by atoms with Crippen LogP contribution in [0.4, 0.5) is 0 Å². The van der Waals surface area contributed by atoms with Gasteiger partial charge in [0.2, 0.25) is 0 Å². The van der Waals surface area contributed by atoms with Crippen LogP contribution in [0.25, 0.3) is 0 Å². The number of ether oxygens (including phenoxy) is 1. The Bertz CT molecular complexity index is 978. The number of carbonyl (C=O) groups excluding carboxylic acids is 1. The van der Waals surface area contributed by atoms with Crippen molar-refractivity contribution in [3.05, 3.63) is 118 Å². The molecule has 2 aromatic rings. The van der Waals surface area contributed by atoms with Crippen LogP contribution in [0.3, 0.4) is 0 Å². The molecule has 0 fully saturated rings. The molecule has 2 aliphatic carbocycles. The number of aryl methyl sites for hydroxylation is 1. The largest absolute Gasteiger partial charge is 0.465 e. The zero-order chi connectivity index (χ0) is 21.5. The molecule has 0 amide bonds. The van der Waals surface area contributed by atoms with E-state index in [0.717, 1.165) is 12.0 Å². The topological polar surface area (TPSA) is 26.3 Å². The van der Waals surface area contributed by atoms with Gasteiger partial charge in [-0.15, -0.1) is 0 Å². The fourth-order valence-electron chi connectivity index (χ4n) is 4.10. The maximum absolute atomic E-state index is 10.9. The molecule has 0 saturated heterocycles. The lowest BCUT2D eigenvalue weighted by Gasteiger charge is -2.10. The molecule has 0 N–H and O–H groups in total. The van der Waals surface area contributed by atoms with Crippen LogP contribution >= 0.6 is 0 Å². The van der Waals surface area contributed by atoms with Crippen molar-refractivity contribution < 1.29 is 9.53 Å². The standard InChI is InChI=1S/C19H20.C9H10O2/c1-3-7-15-11-18(10-14(15)4-2)19-12-16-8-5-6-9-17(16)13-19;1-7-3-5-8(6-4-7)9(10)11-2/h3-10,19H,2,11-13H2,1H3;3-6H,1-2H3/b7-3-;. The Hall–Kier alpha value is -3.13. The van der Waals surface area contributed by atoms with E-state index in [2.05, 4.69) is 60.7 Å². The quantitative estimate of drug-likeness (QED) is 0.544. The van der Waals surface area contributed by atoms with Gasteiger partial charge in [0.1, 0.15) is 0 Å². The third-order valence-corrected chi connectivity index (χ3v) is 5.74. The summed E-state index contributed by atoms with van der Waals surface area (Å²) in [5.74, 6) is 0.403. The number of hydrogen-bond donors (Lipinski definition) is 0. The van der Waals surface area contributed by atoms with Crippen LogP contribution in [-0.2, 0) is 17.6 Å². The molecular weight excluding hydrogens is 368 g/mol. The Balaban J connectivity index is 0.000000199. The molecule has 0 spiro atoms. The second kappa shape index (κ2) is 10.1. The van der Waals surface area contributed by atoms with Crippen molar-refractivity contribution in [1.29, 1.82) is 0 Å². The van der Waals surface area contributed by atoms with Crippen molar-refractivity contribution >= 4 is 5.97 Å². The Morgan fingerprint density at radius 2 is 1.70 bits per heavy atom. The minimum absolute atomic E-state index is 0.287. The number of fused-ring (bicyclic) bond motifs is 1. The van der Waals surface area contributed by atoms with E-state index in [0.29, 0.717) is 11.5 Å². The first-order valence-corrected chi connectivity index (χ1v) is 10.5. The van der Waals surface area contributed by atoms with Crippen molar-refractivity contribution in [3.63, 3.8) is 0 Å². The molecule has 0 aromatic heterocycles. The SMILES string of the molecule is C=CC1=C(/C=C\C)CC(C2Cc3ccccc3C2)=C1.COC(=O)c1ccc(C)cc1. The number of rotatable bonds is 4. The van der Waals surface area contributed by atoms with Crippen LogP contribution in [0.2, 0.25) is 0 Å². The predicted octanol–water partition coefficient (Wildman–Crippen LogP) is 6.57. The maximum atomic E-state index is 10.9. The van der Waals surface area contributed by atoms with Crippen LogP contribution in [0.5, 0.6) is 0 Å². The molecule has 2 heteroatoms. The third kappa shape index (κ3) is 5.07. The molecule has 2 aromatic carbocycles. The minimum Gasteiger partial charge on any atom is -0.465 e. The zero-order valence-corrected chi connectivity index (χ0v) is 18.2. The van der Waals surface area contributed by atoms with E-state index < -0.39 is 0 Å². The van der Waals surface area contributed by atoms with E-state index >= 15 is 0 Å². The lowest BCUT2D eigenvalue weighted by Crippen LogP contribution is -2.02. The molecule has 0 unspecified atom stereocenters. The molecule has 30 heavy (non-hydrogen) atoms. The Labute approximate surface area is 180 Å². The van der Waals surface area contributed by atoms with Crippen LogP contribution in [-0.4, -0.2) is 13.1 Å². The van der Waals surface area contributed by atoms with Gasteiger partial charge in [-0.25, -0.2) is 4.79 Å². The molecule has 0 aliphatic heterocycles. The van der Waals surface area contributed by atoms with Gasteiger partial charge in [0.15, 0.2) is 0 Å². The second-order valence-corrected chi connectivity index (χ2v) is 7.81. The van der Waals surface area contributed by atoms with Crippen molar-refractivity contribution in [3.8, 4) is 0 Å². The van der Waals surface area contributed by atoms with Crippen molar-refractivity contribution in [1.82, 2.24) is 0 Å². The molecule has 0 heterocycles. The normalized spacial score (nSPS) is 15.5. The van der Waals surface area contributed by atoms with Gasteiger partial charge >= 0.3 is 5.97 Å². The summed E-state index contributed by atoms with van der Waals surface area (Å²) in [4.78, 5) is 10.9. The highest BCUT2D eigenvalue weighted by Crippen LogP contribution is 2.38. The molecule has 2 aliphatic rings. The average molecular weight is 399 g/mol.